The highest BCUT2D eigenvalue weighted by molar-refractivity contribution is 7.71. The van der Waals surface area contributed by atoms with Crippen LogP contribution in [0.4, 0.5) is 0 Å². The lowest BCUT2D eigenvalue weighted by Crippen LogP contribution is -1.99. The van der Waals surface area contributed by atoms with Gasteiger partial charge < -0.3 is 9.55 Å². The molecule has 2 aromatic carbocycles. The monoisotopic (exact) mass is 288 g/mol. The van der Waals surface area contributed by atoms with Crippen LogP contribution < -0.4 is 0 Å². The van der Waals surface area contributed by atoms with Crippen molar-refractivity contribution in [3.8, 4) is 0 Å². The first-order valence-electron chi connectivity index (χ1n) is 6.07. The number of aryl methyl sites for hydroxylation is 1. The zero-order valence-electron chi connectivity index (χ0n) is 10.5. The molecule has 0 bridgehead atoms. The average Bonchev–Trinajstić information content (AvgIpc) is 2.69. The second-order valence-electron chi connectivity index (χ2n) is 4.66. The molecule has 19 heavy (non-hydrogen) atoms. The van der Waals surface area contributed by atoms with E-state index in [-0.39, 0.29) is 0 Å². The van der Waals surface area contributed by atoms with E-state index in [1.165, 1.54) is 11.1 Å². The Hall–Kier alpha value is -1.58. The molecule has 2 nitrogen and oxygen atoms in total. The number of nitrogens with zero attached hydrogens (tertiary/aromatic N) is 1. The van der Waals surface area contributed by atoms with Crippen LogP contribution in [-0.2, 0) is 6.54 Å². The molecule has 3 rings (SSSR count). The van der Waals surface area contributed by atoms with E-state index < -0.39 is 0 Å². The molecule has 0 unspecified atom stereocenters. The number of benzene rings is 2. The van der Waals surface area contributed by atoms with E-state index in [2.05, 4.69) is 40.7 Å². The van der Waals surface area contributed by atoms with Gasteiger partial charge in [-0.15, -0.1) is 0 Å². The van der Waals surface area contributed by atoms with Gasteiger partial charge in [-0.3, -0.25) is 0 Å². The fourth-order valence-electron chi connectivity index (χ4n) is 2.16. The molecular formula is C15H13ClN2S. The van der Waals surface area contributed by atoms with Crippen LogP contribution in [0.25, 0.3) is 11.0 Å². The van der Waals surface area contributed by atoms with Gasteiger partial charge in [-0.2, -0.15) is 0 Å². The molecular weight excluding hydrogens is 276 g/mol. The minimum atomic E-state index is 0.720. The standard InChI is InChI=1S/C15H13ClN2S/c1-10-2-4-11(5-3-10)9-18-14-8-12(16)6-7-13(14)17-15(18)19/h2-8H,9H2,1H3,(H,17,19). The number of fused-ring (bicyclic) bond motifs is 1. The van der Waals surface area contributed by atoms with Gasteiger partial charge in [0.15, 0.2) is 4.77 Å². The fraction of sp³-hybridized carbons (Fsp3) is 0.133. The summed E-state index contributed by atoms with van der Waals surface area (Å²) in [5, 5.41) is 0.721. The largest absolute Gasteiger partial charge is 0.331 e. The predicted octanol–water partition coefficient (Wildman–Crippen LogP) is 4.71. The SMILES string of the molecule is Cc1ccc(Cn2c(=S)[nH]c3ccc(Cl)cc32)cc1. The first-order chi connectivity index (χ1) is 9.13. The number of hydrogen-bond acceptors (Lipinski definition) is 1. The van der Waals surface area contributed by atoms with Gasteiger partial charge in [-0.25, -0.2) is 0 Å². The molecule has 0 spiro atoms. The summed E-state index contributed by atoms with van der Waals surface area (Å²) in [6.45, 7) is 2.83. The van der Waals surface area contributed by atoms with Crippen molar-refractivity contribution >= 4 is 34.9 Å². The van der Waals surface area contributed by atoms with Crippen LogP contribution in [0.2, 0.25) is 5.02 Å². The molecule has 0 aliphatic carbocycles. The van der Waals surface area contributed by atoms with Gasteiger partial charge in [0.1, 0.15) is 0 Å². The highest BCUT2D eigenvalue weighted by Crippen LogP contribution is 2.20. The van der Waals surface area contributed by atoms with E-state index in [0.717, 1.165) is 27.4 Å². The van der Waals surface area contributed by atoms with E-state index >= 15 is 0 Å². The van der Waals surface area contributed by atoms with Crippen molar-refractivity contribution < 1.29 is 0 Å². The van der Waals surface area contributed by atoms with Gasteiger partial charge in [-0.1, -0.05) is 41.4 Å². The second-order valence-corrected chi connectivity index (χ2v) is 5.49. The number of H-pyrrole nitrogens is 1. The van der Waals surface area contributed by atoms with Crippen LogP contribution in [0.1, 0.15) is 11.1 Å². The molecule has 0 saturated heterocycles. The zero-order valence-corrected chi connectivity index (χ0v) is 12.1. The third-order valence-corrected chi connectivity index (χ3v) is 3.76. The van der Waals surface area contributed by atoms with E-state index in [4.69, 9.17) is 23.8 Å². The van der Waals surface area contributed by atoms with E-state index in [1.807, 2.05) is 18.2 Å². The second kappa shape index (κ2) is 4.83. The molecule has 0 aliphatic heterocycles. The normalized spacial score (nSPS) is 11.1. The van der Waals surface area contributed by atoms with Crippen molar-refractivity contribution in [2.75, 3.05) is 0 Å². The lowest BCUT2D eigenvalue weighted by atomic mass is 10.1. The highest BCUT2D eigenvalue weighted by Gasteiger charge is 2.05. The summed E-state index contributed by atoms with van der Waals surface area (Å²) in [4.78, 5) is 3.21. The Balaban J connectivity index is 2.09. The minimum Gasteiger partial charge on any atom is -0.331 e. The van der Waals surface area contributed by atoms with Gasteiger partial charge in [0.2, 0.25) is 0 Å². The Kier molecular flexibility index (Phi) is 3.17. The Bertz CT molecular complexity index is 784. The predicted molar refractivity (Wildman–Crippen MR) is 82.4 cm³/mol. The quantitative estimate of drug-likeness (QED) is 0.677. The van der Waals surface area contributed by atoms with Gasteiger partial charge in [-0.05, 0) is 42.9 Å². The molecule has 0 atom stereocenters. The van der Waals surface area contributed by atoms with Crippen LogP contribution >= 0.6 is 23.8 Å². The summed E-state index contributed by atoms with van der Waals surface area (Å²) >= 11 is 11.4. The zero-order chi connectivity index (χ0) is 13.4. The van der Waals surface area contributed by atoms with E-state index in [1.54, 1.807) is 0 Å². The number of halogens is 1. The molecule has 0 saturated carbocycles. The number of aromatic nitrogens is 2. The van der Waals surface area contributed by atoms with Crippen LogP contribution in [-0.4, -0.2) is 9.55 Å². The molecule has 3 aromatic rings. The first-order valence-corrected chi connectivity index (χ1v) is 6.86. The number of nitrogens with one attached hydrogen (secondary N) is 1. The van der Waals surface area contributed by atoms with Crippen LogP contribution in [0.15, 0.2) is 42.5 Å². The first kappa shape index (κ1) is 12.5. The maximum absolute atomic E-state index is 6.06. The van der Waals surface area contributed by atoms with Crippen LogP contribution in [0, 0.1) is 11.7 Å². The summed E-state index contributed by atoms with van der Waals surface area (Å²) in [5.41, 5.74) is 4.54. The summed E-state index contributed by atoms with van der Waals surface area (Å²) in [7, 11) is 0. The highest BCUT2D eigenvalue weighted by atomic mass is 35.5. The third kappa shape index (κ3) is 2.44. The van der Waals surface area contributed by atoms with Gasteiger partial charge in [0.25, 0.3) is 0 Å². The Morgan fingerprint density at radius 2 is 1.89 bits per heavy atom. The molecule has 96 valence electrons. The molecule has 1 heterocycles. The molecule has 0 fully saturated rings. The summed E-state index contributed by atoms with van der Waals surface area (Å²) in [6, 6.07) is 14.2. The number of hydrogen-bond donors (Lipinski definition) is 1. The number of aromatic amines is 1. The maximum atomic E-state index is 6.06. The lowest BCUT2D eigenvalue weighted by Gasteiger charge is -2.05. The topological polar surface area (TPSA) is 20.7 Å². The van der Waals surface area contributed by atoms with Crippen molar-refractivity contribution in [2.45, 2.75) is 13.5 Å². The molecule has 4 heteroatoms. The lowest BCUT2D eigenvalue weighted by molar-refractivity contribution is 0.810. The van der Waals surface area contributed by atoms with Crippen LogP contribution in [0.5, 0.6) is 0 Å². The van der Waals surface area contributed by atoms with Gasteiger partial charge in [0, 0.05) is 5.02 Å². The Labute approximate surface area is 121 Å². The van der Waals surface area contributed by atoms with Crippen molar-refractivity contribution in [1.82, 2.24) is 9.55 Å². The van der Waals surface area contributed by atoms with Crippen molar-refractivity contribution in [1.29, 1.82) is 0 Å². The molecule has 0 aliphatic rings. The maximum Gasteiger partial charge on any atom is 0.178 e. The number of rotatable bonds is 2. The van der Waals surface area contributed by atoms with E-state index in [0.29, 0.717) is 0 Å². The van der Waals surface area contributed by atoms with Gasteiger partial charge >= 0.3 is 0 Å². The fourth-order valence-corrected chi connectivity index (χ4v) is 2.60. The summed E-state index contributed by atoms with van der Waals surface area (Å²) in [6.07, 6.45) is 0. The van der Waals surface area contributed by atoms with Crippen LogP contribution in [0.3, 0.4) is 0 Å². The molecule has 0 amide bonds. The molecule has 1 aromatic heterocycles. The third-order valence-electron chi connectivity index (χ3n) is 3.20. The van der Waals surface area contributed by atoms with Crippen molar-refractivity contribution in [3.63, 3.8) is 0 Å². The minimum absolute atomic E-state index is 0.720. The van der Waals surface area contributed by atoms with Gasteiger partial charge in [0.05, 0.1) is 17.6 Å². The van der Waals surface area contributed by atoms with Crippen molar-refractivity contribution in [2.24, 2.45) is 0 Å². The summed E-state index contributed by atoms with van der Waals surface area (Å²) < 4.78 is 2.79. The van der Waals surface area contributed by atoms with E-state index in [9.17, 15) is 0 Å². The average molecular weight is 289 g/mol. The summed E-state index contributed by atoms with van der Waals surface area (Å²) in [5.74, 6) is 0. The molecule has 1 N–H and O–H groups in total. The van der Waals surface area contributed by atoms with Crippen molar-refractivity contribution in [3.05, 3.63) is 63.4 Å². The molecule has 0 radical (unpaired) electrons. The Morgan fingerprint density at radius 1 is 1.16 bits per heavy atom. The smallest absolute Gasteiger partial charge is 0.178 e. The number of imidazole rings is 1. The Morgan fingerprint density at radius 3 is 2.63 bits per heavy atom.